The number of carbonyl (C=O) groups is 1. The second kappa shape index (κ2) is 8.57. The first-order chi connectivity index (χ1) is 13.6. The van der Waals surface area contributed by atoms with E-state index in [2.05, 4.69) is 30.9 Å². The van der Waals surface area contributed by atoms with Crippen LogP contribution < -0.4 is 0 Å². The van der Waals surface area contributed by atoms with Gasteiger partial charge in [0.25, 0.3) is 0 Å². The number of hydrogen-bond acceptors (Lipinski definition) is 2. The Labute approximate surface area is 169 Å². The summed E-state index contributed by atoms with van der Waals surface area (Å²) in [5, 5.41) is 9.45. The van der Waals surface area contributed by atoms with Crippen LogP contribution in [0, 0.1) is 5.92 Å². The molecule has 0 aliphatic carbocycles. The van der Waals surface area contributed by atoms with Crippen molar-refractivity contribution in [2.45, 2.75) is 51.4 Å². The summed E-state index contributed by atoms with van der Waals surface area (Å²) in [5.41, 5.74) is 2.42. The molecule has 1 saturated heterocycles. The van der Waals surface area contributed by atoms with Crippen molar-refractivity contribution in [2.24, 2.45) is 5.92 Å². The van der Waals surface area contributed by atoms with Gasteiger partial charge in [-0.2, -0.15) is 13.2 Å². The van der Waals surface area contributed by atoms with Crippen molar-refractivity contribution in [1.29, 1.82) is 0 Å². The number of likely N-dealkylation sites (tertiary alicyclic amines) is 1. The van der Waals surface area contributed by atoms with E-state index in [1.165, 1.54) is 17.7 Å². The fraction of sp³-hybridized carbons (Fsp3) is 0.435. The Bertz CT molecular complexity index is 829. The standard InChI is InChI=1S/C23H26F3NO2/c1-15(2)17-5-3-16(4-6-17)13-27-14-19(22(28)29)9-12-21(27)18-7-10-20(11-8-18)23(24,25)26/h3-8,10-11,15,19,21H,9,12-14H2,1-2H3,(H,28,29)/t19?,21-/m0/s1. The summed E-state index contributed by atoms with van der Waals surface area (Å²) < 4.78 is 38.6. The van der Waals surface area contributed by atoms with Crippen molar-refractivity contribution in [2.75, 3.05) is 6.54 Å². The van der Waals surface area contributed by atoms with Crippen LogP contribution in [0.1, 0.15) is 60.9 Å². The highest BCUT2D eigenvalue weighted by Crippen LogP contribution is 2.36. The SMILES string of the molecule is CC(C)c1ccc(CN2CC(C(=O)O)CC[C@H]2c2ccc(C(F)(F)F)cc2)cc1. The summed E-state index contributed by atoms with van der Waals surface area (Å²) in [5.74, 6) is -0.859. The number of halogens is 3. The lowest BCUT2D eigenvalue weighted by Crippen LogP contribution is -2.40. The first kappa shape index (κ1) is 21.4. The molecule has 0 amide bonds. The third-order valence-corrected chi connectivity index (χ3v) is 5.69. The predicted molar refractivity (Wildman–Crippen MR) is 105 cm³/mol. The van der Waals surface area contributed by atoms with Crippen LogP contribution in [0.3, 0.4) is 0 Å². The molecule has 29 heavy (non-hydrogen) atoms. The average molecular weight is 405 g/mol. The molecule has 1 fully saturated rings. The summed E-state index contributed by atoms with van der Waals surface area (Å²) in [6, 6.07) is 13.4. The van der Waals surface area contributed by atoms with Crippen molar-refractivity contribution < 1.29 is 23.1 Å². The molecular weight excluding hydrogens is 379 g/mol. The first-order valence-electron chi connectivity index (χ1n) is 9.88. The molecule has 1 unspecified atom stereocenters. The van der Waals surface area contributed by atoms with E-state index in [0.29, 0.717) is 31.8 Å². The summed E-state index contributed by atoms with van der Waals surface area (Å²) in [6.07, 6.45) is -3.24. The molecule has 6 heteroatoms. The van der Waals surface area contributed by atoms with Gasteiger partial charge in [0.2, 0.25) is 0 Å². The topological polar surface area (TPSA) is 40.5 Å². The number of carboxylic acid groups (broad SMARTS) is 1. The number of rotatable bonds is 5. The van der Waals surface area contributed by atoms with Gasteiger partial charge in [-0.25, -0.2) is 0 Å². The molecule has 0 bridgehead atoms. The number of aliphatic carboxylic acids is 1. The molecule has 0 aromatic heterocycles. The van der Waals surface area contributed by atoms with Crippen molar-refractivity contribution in [3.05, 3.63) is 70.8 Å². The van der Waals surface area contributed by atoms with Gasteiger partial charge in [-0.05, 0) is 47.6 Å². The molecule has 1 N–H and O–H groups in total. The highest BCUT2D eigenvalue weighted by atomic mass is 19.4. The van der Waals surface area contributed by atoms with Crippen LogP contribution in [0.15, 0.2) is 48.5 Å². The molecule has 1 aliphatic rings. The molecule has 3 rings (SSSR count). The zero-order chi connectivity index (χ0) is 21.2. The minimum absolute atomic E-state index is 0.0994. The fourth-order valence-electron chi connectivity index (χ4n) is 3.93. The highest BCUT2D eigenvalue weighted by Gasteiger charge is 2.34. The van der Waals surface area contributed by atoms with Crippen LogP contribution >= 0.6 is 0 Å². The molecule has 3 nitrogen and oxygen atoms in total. The van der Waals surface area contributed by atoms with Gasteiger partial charge in [0.15, 0.2) is 0 Å². The van der Waals surface area contributed by atoms with Crippen LogP contribution in [-0.2, 0) is 17.5 Å². The maximum Gasteiger partial charge on any atom is 0.416 e. The van der Waals surface area contributed by atoms with E-state index in [1.54, 1.807) is 0 Å². The lowest BCUT2D eigenvalue weighted by Gasteiger charge is -2.39. The molecule has 2 aromatic rings. The van der Waals surface area contributed by atoms with Crippen LogP contribution in [0.25, 0.3) is 0 Å². The first-order valence-corrected chi connectivity index (χ1v) is 9.88. The smallest absolute Gasteiger partial charge is 0.416 e. The maximum atomic E-state index is 12.9. The summed E-state index contributed by atoms with van der Waals surface area (Å²) in [4.78, 5) is 13.6. The van der Waals surface area contributed by atoms with E-state index in [1.807, 2.05) is 12.1 Å². The average Bonchev–Trinajstić information content (AvgIpc) is 2.68. The van der Waals surface area contributed by atoms with Gasteiger partial charge in [0, 0.05) is 19.1 Å². The number of piperidine rings is 1. The molecule has 2 atom stereocenters. The number of nitrogens with zero attached hydrogens (tertiary/aromatic N) is 1. The monoisotopic (exact) mass is 405 g/mol. The Kier molecular flexibility index (Phi) is 6.32. The number of benzene rings is 2. The Balaban J connectivity index is 1.83. The summed E-state index contributed by atoms with van der Waals surface area (Å²) in [6.45, 7) is 5.19. The molecule has 0 radical (unpaired) electrons. The van der Waals surface area contributed by atoms with Crippen LogP contribution in [-0.4, -0.2) is 22.5 Å². The Hall–Kier alpha value is -2.34. The normalized spacial score (nSPS) is 20.8. The summed E-state index contributed by atoms with van der Waals surface area (Å²) in [7, 11) is 0. The second-order valence-corrected chi connectivity index (χ2v) is 8.07. The van der Waals surface area contributed by atoms with Gasteiger partial charge >= 0.3 is 12.1 Å². The molecule has 2 aromatic carbocycles. The zero-order valence-corrected chi connectivity index (χ0v) is 16.6. The van der Waals surface area contributed by atoms with E-state index in [0.717, 1.165) is 23.3 Å². The van der Waals surface area contributed by atoms with Crippen molar-refractivity contribution >= 4 is 5.97 Å². The lowest BCUT2D eigenvalue weighted by atomic mass is 9.88. The van der Waals surface area contributed by atoms with Gasteiger partial charge in [-0.3, -0.25) is 9.69 Å². The van der Waals surface area contributed by atoms with Gasteiger partial charge < -0.3 is 5.11 Å². The maximum absolute atomic E-state index is 12.9. The summed E-state index contributed by atoms with van der Waals surface area (Å²) >= 11 is 0. The fourth-order valence-corrected chi connectivity index (χ4v) is 3.93. The van der Waals surface area contributed by atoms with E-state index in [-0.39, 0.29) is 6.04 Å². The van der Waals surface area contributed by atoms with Gasteiger partial charge in [-0.15, -0.1) is 0 Å². The van der Waals surface area contributed by atoms with Gasteiger partial charge in [0.05, 0.1) is 11.5 Å². The van der Waals surface area contributed by atoms with Crippen molar-refractivity contribution in [3.63, 3.8) is 0 Å². The largest absolute Gasteiger partial charge is 0.481 e. The van der Waals surface area contributed by atoms with E-state index in [9.17, 15) is 23.1 Å². The van der Waals surface area contributed by atoms with Gasteiger partial charge in [-0.1, -0.05) is 50.2 Å². The highest BCUT2D eigenvalue weighted by molar-refractivity contribution is 5.70. The number of alkyl halides is 3. The molecule has 156 valence electrons. The quantitative estimate of drug-likeness (QED) is 0.677. The molecule has 0 saturated carbocycles. The second-order valence-electron chi connectivity index (χ2n) is 8.07. The molecule has 1 heterocycles. The molecular formula is C23H26F3NO2. The minimum Gasteiger partial charge on any atom is -0.481 e. The van der Waals surface area contributed by atoms with E-state index >= 15 is 0 Å². The molecule has 0 spiro atoms. The van der Waals surface area contributed by atoms with Crippen molar-refractivity contribution in [1.82, 2.24) is 4.90 Å². The predicted octanol–water partition coefficient (Wildman–Crippen LogP) is 5.87. The van der Waals surface area contributed by atoms with E-state index < -0.39 is 23.6 Å². The Morgan fingerprint density at radius 3 is 2.21 bits per heavy atom. The Morgan fingerprint density at radius 2 is 1.69 bits per heavy atom. The van der Waals surface area contributed by atoms with Crippen LogP contribution in [0.4, 0.5) is 13.2 Å². The van der Waals surface area contributed by atoms with Crippen molar-refractivity contribution in [3.8, 4) is 0 Å². The number of hydrogen-bond donors (Lipinski definition) is 1. The van der Waals surface area contributed by atoms with E-state index in [4.69, 9.17) is 0 Å². The molecule has 1 aliphatic heterocycles. The number of carboxylic acids is 1. The minimum atomic E-state index is -4.36. The van der Waals surface area contributed by atoms with Crippen LogP contribution in [0.2, 0.25) is 0 Å². The zero-order valence-electron chi connectivity index (χ0n) is 16.6. The van der Waals surface area contributed by atoms with Gasteiger partial charge in [0.1, 0.15) is 0 Å². The van der Waals surface area contributed by atoms with Crippen LogP contribution in [0.5, 0.6) is 0 Å². The third-order valence-electron chi connectivity index (χ3n) is 5.69. The third kappa shape index (κ3) is 5.18. The Morgan fingerprint density at radius 1 is 1.07 bits per heavy atom. The lowest BCUT2D eigenvalue weighted by molar-refractivity contribution is -0.144.